The van der Waals surface area contributed by atoms with Gasteiger partial charge in [-0.15, -0.1) is 0 Å². The number of aryl methyl sites for hydroxylation is 2. The van der Waals surface area contributed by atoms with Gasteiger partial charge in [-0.3, -0.25) is 19.2 Å². The lowest BCUT2D eigenvalue weighted by Gasteiger charge is -2.35. The molecule has 4 aliphatic heterocycles. The molecule has 1 unspecified atom stereocenters. The van der Waals surface area contributed by atoms with Crippen LogP contribution < -0.4 is 36.4 Å². The lowest BCUT2D eigenvalue weighted by molar-refractivity contribution is -0.244. The first kappa shape index (κ1) is 62.0. The normalized spacial score (nSPS) is 20.7. The fourth-order valence-electron chi connectivity index (χ4n) is 11.6. The number of ether oxygens (including phenoxy) is 1. The van der Waals surface area contributed by atoms with E-state index in [9.17, 15) is 24.0 Å². The minimum Gasteiger partial charge on any atom is -0.565 e. The summed E-state index contributed by atoms with van der Waals surface area (Å²) in [4.78, 5) is 92.2. The van der Waals surface area contributed by atoms with Crippen molar-refractivity contribution in [1.29, 1.82) is 0 Å². The standard InChI is InChI=1S/C32H40ClN7O4.C27H32ClN7O2.HO4P.H2/c1-19-17-40-27(36-28(19)38-14-12-22(18-38)34-31(43)44-32(2,3)4)16-25(37-40)26-7-5-6-13-39(26)30(42)23-15-21(33)10-11-24(23)35-29(41)20-8-9-20;1-16-14-35-24(31-25(16)33-11-9-19(29)15-33)13-22(32-35)23-4-2-3-10-34(23)27(37)20-12-18(28)7-8-21(20)30-26(36)17-5-6-17;1-4-5(2)3;/h10-11,15-17,20,22,26H,5-9,12-14,18H2,1-4H3,(H,34,43)(H,35,41);7-8,12-14,17,19,23H,2-6,9-11,15,29H2,1H3,(H,30,36);1H;1H/t22-,26-;19-,23-;;/m00../s1. The van der Waals surface area contributed by atoms with Crippen molar-refractivity contribution < 1.29 is 49.5 Å². The van der Waals surface area contributed by atoms with Gasteiger partial charge in [0.2, 0.25) is 11.8 Å². The van der Waals surface area contributed by atoms with Crippen LogP contribution in [0.3, 0.4) is 0 Å². The Labute approximate surface area is 510 Å². The summed E-state index contributed by atoms with van der Waals surface area (Å²) in [6.45, 7) is 13.9. The maximum atomic E-state index is 14.0. The topological polar surface area (TPSA) is 300 Å². The van der Waals surface area contributed by atoms with Gasteiger partial charge >= 0.3 is 14.3 Å². The molecule has 8 heterocycles. The highest BCUT2D eigenvalue weighted by Crippen LogP contribution is 2.39. The van der Waals surface area contributed by atoms with Crippen LogP contribution in [0, 0.1) is 25.7 Å². The molecule has 2 saturated carbocycles. The van der Waals surface area contributed by atoms with E-state index in [0.29, 0.717) is 57.8 Å². The second kappa shape index (κ2) is 26.5. The van der Waals surface area contributed by atoms with Crippen LogP contribution in [-0.2, 0) is 23.6 Å². The van der Waals surface area contributed by atoms with Crippen molar-refractivity contribution in [3.63, 3.8) is 0 Å². The molecule has 460 valence electrons. The lowest BCUT2D eigenvalue weighted by atomic mass is 9.98. The number of likely N-dealkylation sites (tertiary alicyclic amines) is 2. The van der Waals surface area contributed by atoms with Crippen LogP contribution in [0.25, 0.3) is 11.3 Å². The molecular formula is C59H75Cl2N14O10P. The Kier molecular flexibility index (Phi) is 19.1. The number of carbonyl (C=O) groups excluding carboxylic acids is 5. The van der Waals surface area contributed by atoms with E-state index < -0.39 is 19.9 Å². The third-order valence-electron chi connectivity index (χ3n) is 16.1. The molecule has 27 heteroatoms. The maximum Gasteiger partial charge on any atom is 0.521 e. The van der Waals surface area contributed by atoms with Crippen LogP contribution in [-0.4, -0.2) is 131 Å². The van der Waals surface area contributed by atoms with E-state index in [0.717, 1.165) is 136 Å². The Balaban J connectivity index is 0.000000193. The SMILES string of the molecule is Cc1cn2nc([C@@H]3CCCCN3C(=O)c3cc(Cl)ccc3NC(=O)C3CC3)cc2nc1N1CC[C@H](N)C1.Cc1cn2nc([C@@H]3CCCCN3C(=O)c3cc(Cl)ccc3NC(=O)C3CC3)cc2nc1N1CC[C@H](NC(=O)OC(C)(C)C)C1.O=[P+]([O-])OO.[HH]. The van der Waals surface area contributed by atoms with E-state index >= 15 is 0 Å². The van der Waals surface area contributed by atoms with E-state index in [2.05, 4.69) is 30.4 Å². The molecule has 12 rings (SSSR count). The summed E-state index contributed by atoms with van der Waals surface area (Å²) in [6, 6.07) is 13.8. The van der Waals surface area contributed by atoms with Gasteiger partial charge in [-0.1, -0.05) is 23.2 Å². The van der Waals surface area contributed by atoms with Crippen molar-refractivity contribution in [3.8, 4) is 0 Å². The number of fused-ring (bicyclic) bond motifs is 2. The van der Waals surface area contributed by atoms with Crippen molar-refractivity contribution in [2.75, 3.05) is 59.7 Å². The van der Waals surface area contributed by atoms with Gasteiger partial charge in [0.15, 0.2) is 11.3 Å². The minimum absolute atomic E-state index is 0. The monoisotopic (exact) mass is 1240 g/mol. The minimum atomic E-state index is -3.04. The van der Waals surface area contributed by atoms with E-state index in [1.807, 2.05) is 73.5 Å². The number of nitrogens with one attached hydrogen (secondary N) is 3. The van der Waals surface area contributed by atoms with E-state index in [-0.39, 0.29) is 61.1 Å². The molecule has 6 N–H and O–H groups in total. The van der Waals surface area contributed by atoms with Crippen LogP contribution in [0.2, 0.25) is 10.0 Å². The Morgan fingerprint density at radius 3 is 1.55 bits per heavy atom. The fourth-order valence-corrected chi connectivity index (χ4v) is 11.9. The van der Waals surface area contributed by atoms with E-state index in [1.54, 1.807) is 40.9 Å². The summed E-state index contributed by atoms with van der Waals surface area (Å²) in [5.74, 6) is 1.43. The van der Waals surface area contributed by atoms with E-state index in [4.69, 9.17) is 68.6 Å². The summed E-state index contributed by atoms with van der Waals surface area (Å²) in [5, 5.41) is 26.5. The zero-order chi connectivity index (χ0) is 61.1. The largest absolute Gasteiger partial charge is 0.565 e. The van der Waals surface area contributed by atoms with Crippen molar-refractivity contribution in [2.45, 2.75) is 141 Å². The van der Waals surface area contributed by atoms with Gasteiger partial charge in [-0.2, -0.15) is 10.2 Å². The number of rotatable bonds is 12. The number of hydrogen-bond acceptors (Lipinski definition) is 17. The number of nitrogens with zero attached hydrogens (tertiary/aromatic N) is 10. The molecule has 86 heavy (non-hydrogen) atoms. The summed E-state index contributed by atoms with van der Waals surface area (Å²) >= 11 is 12.6. The number of nitrogens with two attached hydrogens (primary N) is 1. The lowest BCUT2D eigenvalue weighted by Crippen LogP contribution is -2.40. The third kappa shape index (κ3) is 15.0. The molecular weight excluding hydrogens is 1170 g/mol. The molecule has 0 spiro atoms. The number of aromatic nitrogens is 6. The van der Waals surface area contributed by atoms with E-state index in [1.165, 1.54) is 0 Å². The zero-order valence-corrected chi connectivity index (χ0v) is 51.2. The predicted molar refractivity (Wildman–Crippen MR) is 325 cm³/mol. The molecule has 6 aromatic rings. The Morgan fingerprint density at radius 1 is 0.674 bits per heavy atom. The van der Waals surface area contributed by atoms with Crippen molar-refractivity contribution in [2.24, 2.45) is 17.6 Å². The number of hydrogen-bond donors (Lipinski definition) is 5. The number of alkyl carbamates (subject to hydrolysis) is 1. The first-order chi connectivity index (χ1) is 41.1. The van der Waals surface area contributed by atoms with Gasteiger partial charge < -0.3 is 50.9 Å². The van der Waals surface area contributed by atoms with Crippen molar-refractivity contribution in [3.05, 3.63) is 105 Å². The smallest absolute Gasteiger partial charge is 0.521 e. The van der Waals surface area contributed by atoms with Crippen molar-refractivity contribution >= 4 is 95.5 Å². The molecule has 0 radical (unpaired) electrons. The third-order valence-corrected chi connectivity index (χ3v) is 16.7. The summed E-state index contributed by atoms with van der Waals surface area (Å²) in [5.41, 5.74) is 12.4. The van der Waals surface area contributed by atoms with Crippen LogP contribution >= 0.6 is 31.5 Å². The van der Waals surface area contributed by atoms with Crippen LogP contribution in [0.15, 0.2) is 60.9 Å². The van der Waals surface area contributed by atoms with Gasteiger partial charge in [0, 0.05) is 109 Å². The number of anilines is 4. The summed E-state index contributed by atoms with van der Waals surface area (Å²) < 4.78 is 20.6. The van der Waals surface area contributed by atoms with Gasteiger partial charge in [0.05, 0.1) is 52.0 Å². The molecule has 2 aliphatic carbocycles. The zero-order valence-electron chi connectivity index (χ0n) is 48.8. The van der Waals surface area contributed by atoms with Crippen molar-refractivity contribution in [1.82, 2.24) is 44.3 Å². The van der Waals surface area contributed by atoms with Crippen LogP contribution in [0.4, 0.5) is 27.8 Å². The Bertz CT molecular complexity index is 3560. The molecule has 0 bridgehead atoms. The molecule has 4 saturated heterocycles. The molecule has 5 amide bonds. The second-order valence-electron chi connectivity index (χ2n) is 24.0. The fraction of sp³-hybridized carbons (Fsp3) is 0.508. The molecule has 24 nitrogen and oxygen atoms in total. The summed E-state index contributed by atoms with van der Waals surface area (Å²) in [7, 11) is -3.04. The highest BCUT2D eigenvalue weighted by atomic mass is 35.5. The number of piperidine rings is 2. The average Bonchev–Trinajstić information content (AvgIpc) is 2.36. The quantitative estimate of drug-likeness (QED) is 0.0433. The van der Waals surface area contributed by atoms with Crippen LogP contribution in [0.5, 0.6) is 0 Å². The first-order valence-corrected chi connectivity index (χ1v) is 31.2. The second-order valence-corrected chi connectivity index (χ2v) is 25.5. The average molecular weight is 1240 g/mol. The first-order valence-electron chi connectivity index (χ1n) is 29.4. The Morgan fingerprint density at radius 2 is 1.13 bits per heavy atom. The number of carbonyl (C=O) groups is 5. The molecule has 5 atom stereocenters. The van der Waals surface area contributed by atoms with Gasteiger partial charge in [-0.05, 0) is 153 Å². The van der Waals surface area contributed by atoms with Gasteiger partial charge in [0.25, 0.3) is 11.8 Å². The molecule has 6 aliphatic rings. The molecule has 4 aromatic heterocycles. The highest BCUT2D eigenvalue weighted by molar-refractivity contribution is 7.30. The highest BCUT2D eigenvalue weighted by Gasteiger charge is 2.37. The molecule has 6 fully saturated rings. The van der Waals surface area contributed by atoms with Gasteiger partial charge in [-0.25, -0.2) is 29.1 Å². The number of benzene rings is 2. The number of halogens is 2. The van der Waals surface area contributed by atoms with Gasteiger partial charge in [0.1, 0.15) is 17.2 Å². The Hall–Kier alpha value is -7.05. The predicted octanol–water partition coefficient (Wildman–Crippen LogP) is 9.19. The van der Waals surface area contributed by atoms with Crippen LogP contribution in [0.1, 0.15) is 155 Å². The molecule has 2 aromatic carbocycles. The number of amides is 5. The maximum absolute atomic E-state index is 14.0. The summed E-state index contributed by atoms with van der Waals surface area (Å²) in [6.07, 6.45) is 14.2.